The lowest BCUT2D eigenvalue weighted by atomic mass is 10.1. The normalized spacial score (nSPS) is 12.8. The molecule has 1 N–H and O–H groups in total. The summed E-state index contributed by atoms with van der Waals surface area (Å²) in [6.45, 7) is 0. The summed E-state index contributed by atoms with van der Waals surface area (Å²) in [6, 6.07) is 18.7. The number of carbonyl (C=O) groups excluding carboxylic acids is 3. The Morgan fingerprint density at radius 1 is 0.778 bits per heavy atom. The van der Waals surface area contributed by atoms with E-state index in [1.807, 2.05) is 0 Å². The summed E-state index contributed by atoms with van der Waals surface area (Å²) in [4.78, 5) is 38.8. The van der Waals surface area contributed by atoms with Gasteiger partial charge in [-0.05, 0) is 36.4 Å². The molecule has 3 aromatic carbocycles. The van der Waals surface area contributed by atoms with Crippen molar-refractivity contribution in [3.63, 3.8) is 0 Å². The van der Waals surface area contributed by atoms with Crippen LogP contribution >= 0.6 is 0 Å². The molecule has 0 atom stereocenters. The van der Waals surface area contributed by atoms with E-state index in [1.54, 1.807) is 48.5 Å². The van der Waals surface area contributed by atoms with Crippen LogP contribution in [0.3, 0.4) is 0 Å². The van der Waals surface area contributed by atoms with Gasteiger partial charge in [0.2, 0.25) is 0 Å². The van der Waals surface area contributed by atoms with Crippen LogP contribution < -0.4 is 9.64 Å². The van der Waals surface area contributed by atoms with Crippen molar-refractivity contribution in [2.24, 2.45) is 0 Å². The molecule has 27 heavy (non-hydrogen) atoms. The monoisotopic (exact) mass is 359 g/mol. The van der Waals surface area contributed by atoms with E-state index in [4.69, 9.17) is 4.74 Å². The Labute approximate surface area is 154 Å². The predicted octanol–water partition coefficient (Wildman–Crippen LogP) is 3.41. The summed E-state index contributed by atoms with van der Waals surface area (Å²) in [7, 11) is 0. The molecule has 6 nitrogen and oxygen atoms in total. The second-order valence-electron chi connectivity index (χ2n) is 5.87. The summed E-state index contributed by atoms with van der Waals surface area (Å²) >= 11 is 0. The number of rotatable bonds is 3. The van der Waals surface area contributed by atoms with Crippen molar-refractivity contribution < 1.29 is 24.2 Å². The van der Waals surface area contributed by atoms with Gasteiger partial charge in [-0.25, -0.2) is 9.69 Å². The molecule has 6 heteroatoms. The Morgan fingerprint density at radius 2 is 1.33 bits per heavy atom. The highest BCUT2D eigenvalue weighted by Crippen LogP contribution is 2.35. The number of phenols is 1. The third-order valence-corrected chi connectivity index (χ3v) is 4.23. The maximum absolute atomic E-state index is 12.7. The highest BCUT2D eigenvalue weighted by Gasteiger charge is 2.38. The highest BCUT2D eigenvalue weighted by atomic mass is 16.5. The molecule has 0 aromatic heterocycles. The fourth-order valence-corrected chi connectivity index (χ4v) is 2.94. The van der Waals surface area contributed by atoms with Gasteiger partial charge in [0.1, 0.15) is 11.3 Å². The maximum atomic E-state index is 12.7. The Kier molecular flexibility index (Phi) is 3.93. The number of esters is 1. The molecule has 2 amide bonds. The van der Waals surface area contributed by atoms with Crippen LogP contribution in [-0.4, -0.2) is 22.9 Å². The van der Waals surface area contributed by atoms with Crippen molar-refractivity contribution >= 4 is 23.5 Å². The molecule has 1 aliphatic rings. The number of carbonyl (C=O) groups is 3. The Hall–Kier alpha value is -3.93. The zero-order valence-electron chi connectivity index (χ0n) is 14.0. The van der Waals surface area contributed by atoms with Crippen LogP contribution in [0.4, 0.5) is 5.69 Å². The molecule has 0 saturated carbocycles. The molecule has 4 rings (SSSR count). The lowest BCUT2D eigenvalue weighted by Crippen LogP contribution is -2.30. The summed E-state index contributed by atoms with van der Waals surface area (Å²) in [5.41, 5.74) is 0.732. The van der Waals surface area contributed by atoms with Crippen molar-refractivity contribution in [3.05, 3.63) is 89.5 Å². The minimum absolute atomic E-state index is 0.0188. The van der Waals surface area contributed by atoms with Gasteiger partial charge in [-0.2, -0.15) is 0 Å². The number of ether oxygens (including phenoxy) is 1. The summed E-state index contributed by atoms with van der Waals surface area (Å²) < 4.78 is 5.38. The number of hydrogen-bond donors (Lipinski definition) is 1. The van der Waals surface area contributed by atoms with E-state index in [1.165, 1.54) is 24.3 Å². The molecule has 0 unspecified atom stereocenters. The van der Waals surface area contributed by atoms with Gasteiger partial charge in [-0.3, -0.25) is 9.59 Å². The van der Waals surface area contributed by atoms with Crippen LogP contribution in [0, 0.1) is 0 Å². The first-order valence-corrected chi connectivity index (χ1v) is 8.15. The smallest absolute Gasteiger partial charge is 0.347 e. The van der Waals surface area contributed by atoms with Crippen LogP contribution in [0.2, 0.25) is 0 Å². The van der Waals surface area contributed by atoms with E-state index in [-0.39, 0.29) is 22.7 Å². The molecule has 132 valence electrons. The van der Waals surface area contributed by atoms with Gasteiger partial charge in [-0.1, -0.05) is 36.4 Å². The SMILES string of the molecule is O=C(Oc1ccccc1N1C(=O)c2ccccc2C1=O)c1ccccc1O. The topological polar surface area (TPSA) is 83.9 Å². The number of nitrogens with zero attached hydrogens (tertiary/aromatic N) is 1. The van der Waals surface area contributed by atoms with Crippen LogP contribution in [0.5, 0.6) is 11.5 Å². The number of hydrogen-bond acceptors (Lipinski definition) is 5. The number of anilines is 1. The van der Waals surface area contributed by atoms with E-state index < -0.39 is 17.8 Å². The van der Waals surface area contributed by atoms with E-state index in [0.717, 1.165) is 4.90 Å². The number of phenolic OH excluding ortho intramolecular Hbond substituents is 1. The average Bonchev–Trinajstić information content (AvgIpc) is 2.94. The zero-order valence-corrected chi connectivity index (χ0v) is 14.0. The first-order chi connectivity index (χ1) is 13.1. The highest BCUT2D eigenvalue weighted by molar-refractivity contribution is 6.34. The fourth-order valence-electron chi connectivity index (χ4n) is 2.94. The third kappa shape index (κ3) is 2.73. The molecule has 0 saturated heterocycles. The summed E-state index contributed by atoms with van der Waals surface area (Å²) in [5.74, 6) is -1.94. The molecule has 0 aliphatic carbocycles. The number of para-hydroxylation sites is 3. The molecule has 0 radical (unpaired) electrons. The van der Waals surface area contributed by atoms with E-state index >= 15 is 0 Å². The van der Waals surface area contributed by atoms with Gasteiger partial charge in [0.15, 0.2) is 5.75 Å². The minimum Gasteiger partial charge on any atom is -0.507 e. The second kappa shape index (κ2) is 6.42. The quantitative estimate of drug-likeness (QED) is 0.440. The van der Waals surface area contributed by atoms with Crippen molar-refractivity contribution in [1.82, 2.24) is 0 Å². The van der Waals surface area contributed by atoms with Crippen LogP contribution in [0.25, 0.3) is 0 Å². The summed E-state index contributed by atoms with van der Waals surface area (Å²) in [6.07, 6.45) is 0. The van der Waals surface area contributed by atoms with Crippen LogP contribution in [0.1, 0.15) is 31.1 Å². The Morgan fingerprint density at radius 3 is 2.00 bits per heavy atom. The second-order valence-corrected chi connectivity index (χ2v) is 5.87. The number of benzene rings is 3. The van der Waals surface area contributed by atoms with Gasteiger partial charge >= 0.3 is 5.97 Å². The van der Waals surface area contributed by atoms with Crippen molar-refractivity contribution in [1.29, 1.82) is 0 Å². The largest absolute Gasteiger partial charge is 0.507 e. The first kappa shape index (κ1) is 16.5. The van der Waals surface area contributed by atoms with Gasteiger partial charge in [0.05, 0.1) is 16.8 Å². The third-order valence-electron chi connectivity index (χ3n) is 4.23. The molecule has 0 spiro atoms. The number of amides is 2. The predicted molar refractivity (Wildman–Crippen MR) is 97.1 cm³/mol. The van der Waals surface area contributed by atoms with Crippen LogP contribution in [0.15, 0.2) is 72.8 Å². The number of imide groups is 1. The lowest BCUT2D eigenvalue weighted by molar-refractivity contribution is 0.0728. The molecular weight excluding hydrogens is 346 g/mol. The number of fused-ring (bicyclic) bond motifs is 1. The zero-order chi connectivity index (χ0) is 19.0. The number of aromatic hydroxyl groups is 1. The molecular formula is C21H13NO5. The maximum Gasteiger partial charge on any atom is 0.347 e. The molecule has 3 aromatic rings. The first-order valence-electron chi connectivity index (χ1n) is 8.15. The van der Waals surface area contributed by atoms with E-state index in [9.17, 15) is 19.5 Å². The summed E-state index contributed by atoms with van der Waals surface area (Å²) in [5, 5.41) is 9.82. The lowest BCUT2D eigenvalue weighted by Gasteiger charge is -2.17. The molecule has 0 fully saturated rings. The minimum atomic E-state index is -0.794. The van der Waals surface area contributed by atoms with Crippen molar-refractivity contribution in [3.8, 4) is 11.5 Å². The standard InChI is InChI=1S/C21H13NO5/c23-17-11-5-3-9-15(17)21(26)27-18-12-6-4-10-16(18)22-19(24)13-7-1-2-8-14(13)20(22)25/h1-12,23H. The molecule has 1 heterocycles. The van der Waals surface area contributed by atoms with Gasteiger partial charge in [-0.15, -0.1) is 0 Å². The van der Waals surface area contributed by atoms with Crippen LogP contribution in [-0.2, 0) is 0 Å². The van der Waals surface area contributed by atoms with Crippen molar-refractivity contribution in [2.75, 3.05) is 4.90 Å². The van der Waals surface area contributed by atoms with Gasteiger partial charge in [0, 0.05) is 0 Å². The Bertz CT molecular complexity index is 1050. The molecule has 0 bridgehead atoms. The van der Waals surface area contributed by atoms with Gasteiger partial charge < -0.3 is 9.84 Å². The molecule has 1 aliphatic heterocycles. The van der Waals surface area contributed by atoms with Gasteiger partial charge in [0.25, 0.3) is 11.8 Å². The van der Waals surface area contributed by atoms with Crippen molar-refractivity contribution in [2.45, 2.75) is 0 Å². The van der Waals surface area contributed by atoms with E-state index in [2.05, 4.69) is 0 Å². The van der Waals surface area contributed by atoms with E-state index in [0.29, 0.717) is 11.1 Å². The fraction of sp³-hybridized carbons (Fsp3) is 0. The average molecular weight is 359 g/mol. The Balaban J connectivity index is 1.71.